The standard InChI is InChI=1S/C19H27N3O3/c1-25-17-8-7-13(19(24)22-9-2-3-10-22)11-16(17)21-18(23)15-6-4-5-14(15)12-20/h7-8,11,14-15H,2-6,9-10,12,20H2,1H3,(H,21,23)/t14-,15-/m1/s1. The predicted molar refractivity (Wildman–Crippen MR) is 96.6 cm³/mol. The van der Waals surface area contributed by atoms with Crippen LogP contribution >= 0.6 is 0 Å². The minimum atomic E-state index is -0.0624. The summed E-state index contributed by atoms with van der Waals surface area (Å²) in [6.07, 6.45) is 4.99. The van der Waals surface area contributed by atoms with E-state index in [9.17, 15) is 9.59 Å². The molecule has 0 spiro atoms. The van der Waals surface area contributed by atoms with E-state index < -0.39 is 0 Å². The molecule has 6 nitrogen and oxygen atoms in total. The molecule has 0 aromatic heterocycles. The van der Waals surface area contributed by atoms with Crippen molar-refractivity contribution in [3.8, 4) is 5.75 Å². The Kier molecular flexibility index (Phi) is 5.58. The normalized spacial score (nSPS) is 22.9. The van der Waals surface area contributed by atoms with Gasteiger partial charge in [-0.3, -0.25) is 9.59 Å². The number of likely N-dealkylation sites (tertiary alicyclic amines) is 1. The van der Waals surface area contributed by atoms with E-state index in [0.717, 1.165) is 45.2 Å². The maximum Gasteiger partial charge on any atom is 0.253 e. The molecule has 1 aliphatic heterocycles. The number of anilines is 1. The van der Waals surface area contributed by atoms with E-state index >= 15 is 0 Å². The van der Waals surface area contributed by atoms with Gasteiger partial charge in [-0.25, -0.2) is 0 Å². The number of carbonyl (C=O) groups excluding carboxylic acids is 2. The van der Waals surface area contributed by atoms with Crippen molar-refractivity contribution in [2.75, 3.05) is 32.1 Å². The number of nitrogens with zero attached hydrogens (tertiary/aromatic N) is 1. The van der Waals surface area contributed by atoms with Gasteiger partial charge in [-0.1, -0.05) is 6.42 Å². The lowest BCUT2D eigenvalue weighted by Crippen LogP contribution is -2.30. The lowest BCUT2D eigenvalue weighted by atomic mass is 9.95. The van der Waals surface area contributed by atoms with Crippen molar-refractivity contribution in [3.05, 3.63) is 23.8 Å². The Morgan fingerprint density at radius 1 is 1.24 bits per heavy atom. The Labute approximate surface area is 148 Å². The summed E-state index contributed by atoms with van der Waals surface area (Å²) in [5.41, 5.74) is 6.93. The fraction of sp³-hybridized carbons (Fsp3) is 0.579. The minimum Gasteiger partial charge on any atom is -0.495 e. The zero-order valence-electron chi connectivity index (χ0n) is 14.8. The third-order valence-electron chi connectivity index (χ3n) is 5.40. The molecule has 1 saturated heterocycles. The Morgan fingerprint density at radius 3 is 2.68 bits per heavy atom. The van der Waals surface area contributed by atoms with Crippen LogP contribution in [0.15, 0.2) is 18.2 Å². The zero-order chi connectivity index (χ0) is 17.8. The molecule has 1 heterocycles. The van der Waals surface area contributed by atoms with Crippen molar-refractivity contribution >= 4 is 17.5 Å². The Balaban J connectivity index is 1.78. The van der Waals surface area contributed by atoms with Gasteiger partial charge in [0.25, 0.3) is 5.91 Å². The second-order valence-corrected chi connectivity index (χ2v) is 6.94. The highest BCUT2D eigenvalue weighted by molar-refractivity contribution is 5.99. The minimum absolute atomic E-state index is 0.0105. The first-order valence-corrected chi connectivity index (χ1v) is 9.12. The number of carbonyl (C=O) groups is 2. The van der Waals surface area contributed by atoms with Gasteiger partial charge in [-0.2, -0.15) is 0 Å². The summed E-state index contributed by atoms with van der Waals surface area (Å²) in [6, 6.07) is 5.23. The molecule has 1 saturated carbocycles. The summed E-state index contributed by atoms with van der Waals surface area (Å²) in [5.74, 6) is 0.718. The van der Waals surface area contributed by atoms with Crippen LogP contribution in [-0.4, -0.2) is 43.5 Å². The van der Waals surface area contributed by atoms with Crippen molar-refractivity contribution in [2.24, 2.45) is 17.6 Å². The van der Waals surface area contributed by atoms with E-state index in [0.29, 0.717) is 23.5 Å². The monoisotopic (exact) mass is 345 g/mol. The molecule has 3 rings (SSSR count). The average Bonchev–Trinajstić information content (AvgIpc) is 3.32. The maximum atomic E-state index is 12.7. The van der Waals surface area contributed by atoms with Crippen molar-refractivity contribution in [1.82, 2.24) is 4.90 Å². The van der Waals surface area contributed by atoms with Crippen molar-refractivity contribution in [3.63, 3.8) is 0 Å². The van der Waals surface area contributed by atoms with E-state index in [1.165, 1.54) is 0 Å². The third kappa shape index (κ3) is 3.79. The van der Waals surface area contributed by atoms with E-state index in [1.54, 1.807) is 25.3 Å². The van der Waals surface area contributed by atoms with Gasteiger partial charge in [0.2, 0.25) is 5.91 Å². The molecule has 6 heteroatoms. The number of methoxy groups -OCH3 is 1. The van der Waals surface area contributed by atoms with Gasteiger partial charge >= 0.3 is 0 Å². The summed E-state index contributed by atoms with van der Waals surface area (Å²) in [5, 5.41) is 2.96. The predicted octanol–water partition coefficient (Wildman–Crippen LogP) is 2.24. The van der Waals surface area contributed by atoms with Crippen LogP contribution < -0.4 is 15.8 Å². The molecule has 1 aliphatic carbocycles. The number of hydrogen-bond donors (Lipinski definition) is 2. The van der Waals surface area contributed by atoms with Crippen molar-refractivity contribution < 1.29 is 14.3 Å². The van der Waals surface area contributed by atoms with Crippen LogP contribution in [0.3, 0.4) is 0 Å². The molecule has 2 atom stereocenters. The summed E-state index contributed by atoms with van der Waals surface area (Å²) in [7, 11) is 1.56. The molecule has 2 aliphatic rings. The van der Waals surface area contributed by atoms with Gasteiger partial charge in [0, 0.05) is 24.6 Å². The molecule has 3 N–H and O–H groups in total. The Bertz CT molecular complexity index is 641. The van der Waals surface area contributed by atoms with Gasteiger partial charge in [0.05, 0.1) is 12.8 Å². The SMILES string of the molecule is COc1ccc(C(=O)N2CCCC2)cc1NC(=O)[C@@H]1CCC[C@@H]1CN. The zero-order valence-corrected chi connectivity index (χ0v) is 14.8. The van der Waals surface area contributed by atoms with Crippen LogP contribution in [0.5, 0.6) is 5.75 Å². The fourth-order valence-corrected chi connectivity index (χ4v) is 3.93. The quantitative estimate of drug-likeness (QED) is 0.857. The van der Waals surface area contributed by atoms with Crippen LogP contribution in [0.4, 0.5) is 5.69 Å². The first kappa shape index (κ1) is 17.7. The van der Waals surface area contributed by atoms with Gasteiger partial charge < -0.3 is 20.7 Å². The average molecular weight is 345 g/mol. The molecule has 0 unspecified atom stereocenters. The Hall–Kier alpha value is -2.08. The number of nitrogens with one attached hydrogen (secondary N) is 1. The number of hydrogen-bond acceptors (Lipinski definition) is 4. The largest absolute Gasteiger partial charge is 0.495 e. The number of benzene rings is 1. The molecule has 2 fully saturated rings. The molecule has 25 heavy (non-hydrogen) atoms. The first-order chi connectivity index (χ1) is 12.1. The van der Waals surface area contributed by atoms with Crippen LogP contribution in [-0.2, 0) is 4.79 Å². The summed E-state index contributed by atoms with van der Waals surface area (Å²) in [6.45, 7) is 2.13. The highest BCUT2D eigenvalue weighted by Crippen LogP contribution is 2.33. The van der Waals surface area contributed by atoms with Gasteiger partial charge in [0.1, 0.15) is 5.75 Å². The first-order valence-electron chi connectivity index (χ1n) is 9.12. The topological polar surface area (TPSA) is 84.7 Å². The molecule has 1 aromatic rings. The second kappa shape index (κ2) is 7.87. The summed E-state index contributed by atoms with van der Waals surface area (Å²) >= 11 is 0. The van der Waals surface area contributed by atoms with Gasteiger partial charge in [-0.15, -0.1) is 0 Å². The molecular formula is C19H27N3O3. The van der Waals surface area contributed by atoms with Crippen LogP contribution in [0.25, 0.3) is 0 Å². The molecule has 136 valence electrons. The van der Waals surface area contributed by atoms with E-state index in [-0.39, 0.29) is 23.7 Å². The Morgan fingerprint density at radius 2 is 2.00 bits per heavy atom. The van der Waals surface area contributed by atoms with Crippen LogP contribution in [0, 0.1) is 11.8 Å². The van der Waals surface area contributed by atoms with E-state index in [1.807, 2.05) is 4.90 Å². The lowest BCUT2D eigenvalue weighted by molar-refractivity contribution is -0.120. The fourth-order valence-electron chi connectivity index (χ4n) is 3.93. The number of nitrogens with two attached hydrogens (primary N) is 1. The smallest absolute Gasteiger partial charge is 0.253 e. The molecule has 0 radical (unpaired) electrons. The summed E-state index contributed by atoms with van der Waals surface area (Å²) in [4.78, 5) is 27.1. The number of ether oxygens (including phenoxy) is 1. The molecule has 1 aromatic carbocycles. The molecule has 2 amide bonds. The molecule has 0 bridgehead atoms. The number of amides is 2. The van der Waals surface area contributed by atoms with Crippen molar-refractivity contribution in [2.45, 2.75) is 32.1 Å². The maximum absolute atomic E-state index is 12.7. The summed E-state index contributed by atoms with van der Waals surface area (Å²) < 4.78 is 5.36. The van der Waals surface area contributed by atoms with E-state index in [2.05, 4.69) is 5.32 Å². The van der Waals surface area contributed by atoms with Crippen LogP contribution in [0.2, 0.25) is 0 Å². The lowest BCUT2D eigenvalue weighted by Gasteiger charge is -2.20. The molecular weight excluding hydrogens is 318 g/mol. The second-order valence-electron chi connectivity index (χ2n) is 6.94. The highest BCUT2D eigenvalue weighted by Gasteiger charge is 2.32. The van der Waals surface area contributed by atoms with Crippen molar-refractivity contribution in [1.29, 1.82) is 0 Å². The van der Waals surface area contributed by atoms with Crippen LogP contribution in [0.1, 0.15) is 42.5 Å². The van der Waals surface area contributed by atoms with Gasteiger partial charge in [0.15, 0.2) is 0 Å². The van der Waals surface area contributed by atoms with E-state index in [4.69, 9.17) is 10.5 Å². The number of rotatable bonds is 5. The van der Waals surface area contributed by atoms with Gasteiger partial charge in [-0.05, 0) is 56.3 Å². The highest BCUT2D eigenvalue weighted by atomic mass is 16.5. The third-order valence-corrected chi connectivity index (χ3v) is 5.40.